The second kappa shape index (κ2) is 11.4. The fourth-order valence-corrected chi connectivity index (χ4v) is 4.69. The average Bonchev–Trinajstić information content (AvgIpc) is 3.32. The molecular weight excluding hydrogens is 490 g/mol. The van der Waals surface area contributed by atoms with Gasteiger partial charge < -0.3 is 15.8 Å². The van der Waals surface area contributed by atoms with E-state index in [9.17, 15) is 9.59 Å². The minimum atomic E-state index is -0.294. The van der Waals surface area contributed by atoms with E-state index in [-0.39, 0.29) is 17.9 Å². The molecule has 8 heteroatoms. The molecule has 39 heavy (non-hydrogen) atoms. The lowest BCUT2D eigenvalue weighted by molar-refractivity contribution is -0.140. The van der Waals surface area contributed by atoms with Gasteiger partial charge in [0.25, 0.3) is 5.91 Å². The van der Waals surface area contributed by atoms with Gasteiger partial charge in [-0.05, 0) is 59.4 Å². The van der Waals surface area contributed by atoms with E-state index < -0.39 is 0 Å². The third-order valence-corrected chi connectivity index (χ3v) is 6.76. The lowest BCUT2D eigenvalue weighted by Gasteiger charge is -2.10. The van der Waals surface area contributed by atoms with Crippen LogP contribution in [0.5, 0.6) is 0 Å². The van der Waals surface area contributed by atoms with Gasteiger partial charge in [0.2, 0.25) is 0 Å². The maximum absolute atomic E-state index is 13.4. The Morgan fingerprint density at radius 2 is 1.64 bits per heavy atom. The third kappa shape index (κ3) is 5.76. The molecule has 0 bridgehead atoms. The number of hydrogen-bond acceptors (Lipinski definition) is 7. The number of ether oxygens (including phenoxy) is 1. The summed E-state index contributed by atoms with van der Waals surface area (Å²) in [4.78, 5) is 38.2. The number of aliphatic imine (C=N–C) groups is 1. The van der Waals surface area contributed by atoms with Crippen molar-refractivity contribution in [3.05, 3.63) is 102 Å². The number of hydrogen-bond donors (Lipinski definition) is 2. The lowest BCUT2D eigenvalue weighted by atomic mass is 9.96. The average molecular weight is 520 g/mol. The molecule has 3 heterocycles. The van der Waals surface area contributed by atoms with Crippen LogP contribution >= 0.6 is 0 Å². The minimum Gasteiger partial charge on any atom is -0.469 e. The van der Waals surface area contributed by atoms with E-state index in [4.69, 9.17) is 10.5 Å². The number of fused-ring (bicyclic) bond motifs is 1. The van der Waals surface area contributed by atoms with Gasteiger partial charge in [0.1, 0.15) is 5.71 Å². The number of nitrogens with zero attached hydrogens (tertiary/aromatic N) is 3. The first-order valence-corrected chi connectivity index (χ1v) is 12.7. The van der Waals surface area contributed by atoms with Crippen LogP contribution in [-0.2, 0) is 27.3 Å². The van der Waals surface area contributed by atoms with Crippen LogP contribution in [0.15, 0.2) is 84.4 Å². The van der Waals surface area contributed by atoms with Crippen molar-refractivity contribution in [3.8, 4) is 22.3 Å². The van der Waals surface area contributed by atoms with E-state index in [2.05, 4.69) is 20.3 Å². The lowest BCUT2D eigenvalue weighted by Crippen LogP contribution is -2.22. The molecule has 2 aromatic heterocycles. The van der Waals surface area contributed by atoms with Crippen molar-refractivity contribution in [2.75, 3.05) is 12.4 Å². The van der Waals surface area contributed by atoms with Crippen molar-refractivity contribution < 1.29 is 14.3 Å². The molecule has 1 aliphatic rings. The number of nitrogens with one attached hydrogen (secondary N) is 1. The van der Waals surface area contributed by atoms with E-state index in [1.165, 1.54) is 7.11 Å². The van der Waals surface area contributed by atoms with Crippen LogP contribution in [0.25, 0.3) is 22.3 Å². The fourth-order valence-electron chi connectivity index (χ4n) is 4.69. The van der Waals surface area contributed by atoms with Gasteiger partial charge >= 0.3 is 5.97 Å². The first-order chi connectivity index (χ1) is 18.9. The number of nitrogens with two attached hydrogens (primary N) is 1. The van der Waals surface area contributed by atoms with Gasteiger partial charge in [0, 0.05) is 48.2 Å². The summed E-state index contributed by atoms with van der Waals surface area (Å²) in [5.74, 6) is -0.539. The number of aromatic nitrogens is 2. The van der Waals surface area contributed by atoms with Crippen LogP contribution in [0.2, 0.25) is 0 Å². The zero-order valence-corrected chi connectivity index (χ0v) is 21.8. The summed E-state index contributed by atoms with van der Waals surface area (Å²) in [5, 5.41) is 2.97. The van der Waals surface area contributed by atoms with Crippen LogP contribution in [0, 0.1) is 0 Å². The Morgan fingerprint density at radius 1 is 0.897 bits per heavy atom. The first-order valence-electron chi connectivity index (χ1n) is 12.7. The van der Waals surface area contributed by atoms with Gasteiger partial charge in [-0.25, -0.2) is 0 Å². The Bertz CT molecular complexity index is 1580. The highest BCUT2D eigenvalue weighted by atomic mass is 16.5. The molecule has 1 aliphatic heterocycles. The second-order valence-electron chi connectivity index (χ2n) is 9.43. The van der Waals surface area contributed by atoms with Crippen molar-refractivity contribution in [2.45, 2.75) is 32.4 Å². The van der Waals surface area contributed by atoms with Gasteiger partial charge in [0.15, 0.2) is 0 Å². The van der Waals surface area contributed by atoms with Crippen LogP contribution in [0.3, 0.4) is 0 Å². The molecule has 0 aliphatic carbocycles. The summed E-state index contributed by atoms with van der Waals surface area (Å²) in [6.45, 7) is 2.38. The zero-order chi connectivity index (χ0) is 27.4. The first kappa shape index (κ1) is 25.9. The normalized spacial score (nSPS) is 13.9. The van der Waals surface area contributed by atoms with E-state index >= 15 is 0 Å². The highest BCUT2D eigenvalue weighted by Crippen LogP contribution is 2.33. The molecule has 0 saturated heterocycles. The smallest absolute Gasteiger partial charge is 0.305 e. The standard InChI is InChI=1S/C31H29N5O3/c1-19-27-8-7-23(24-11-21(14-32)15-33-16-24)13-28(27)30(35-19)31(38)36-26-12-25(17-34-18-26)22-5-3-4-20(10-22)6-9-29(37)39-2/h3-5,7-8,10-13,15-19H,6,9,14,32H2,1-2H3,(H,36,38)/t19-/m0/s1. The predicted molar refractivity (Wildman–Crippen MR) is 151 cm³/mol. The number of rotatable bonds is 8. The number of amides is 1. The third-order valence-electron chi connectivity index (χ3n) is 6.76. The van der Waals surface area contributed by atoms with Crippen molar-refractivity contribution in [3.63, 3.8) is 0 Å². The molecule has 3 N–H and O–H groups in total. The summed E-state index contributed by atoms with van der Waals surface area (Å²) < 4.78 is 4.74. The number of pyridine rings is 2. The van der Waals surface area contributed by atoms with E-state index in [1.807, 2.05) is 61.5 Å². The number of esters is 1. The van der Waals surface area contributed by atoms with Gasteiger partial charge in [-0.15, -0.1) is 0 Å². The Kier molecular flexibility index (Phi) is 7.56. The summed E-state index contributed by atoms with van der Waals surface area (Å²) in [6.07, 6.45) is 7.79. The molecule has 196 valence electrons. The Morgan fingerprint density at radius 3 is 2.44 bits per heavy atom. The van der Waals surface area contributed by atoms with E-state index in [1.54, 1.807) is 24.8 Å². The molecule has 2 aromatic carbocycles. The summed E-state index contributed by atoms with van der Waals surface area (Å²) in [5.41, 5.74) is 14.2. The molecule has 8 nitrogen and oxygen atoms in total. The maximum Gasteiger partial charge on any atom is 0.305 e. The molecule has 0 unspecified atom stereocenters. The topological polar surface area (TPSA) is 120 Å². The SMILES string of the molecule is COC(=O)CCc1cccc(-c2cncc(NC(=O)C3=N[C@@H](C)c4ccc(-c5cncc(CN)c5)cc43)c2)c1. The monoisotopic (exact) mass is 519 g/mol. The summed E-state index contributed by atoms with van der Waals surface area (Å²) >= 11 is 0. The second-order valence-corrected chi connectivity index (χ2v) is 9.43. The summed E-state index contributed by atoms with van der Waals surface area (Å²) in [7, 11) is 1.39. The molecule has 4 aromatic rings. The predicted octanol–water partition coefficient (Wildman–Crippen LogP) is 4.88. The van der Waals surface area contributed by atoms with Crippen LogP contribution in [0.4, 0.5) is 5.69 Å². The molecular formula is C31H29N5O3. The van der Waals surface area contributed by atoms with Gasteiger partial charge in [0.05, 0.1) is 25.0 Å². The van der Waals surface area contributed by atoms with Gasteiger partial charge in [-0.1, -0.05) is 36.4 Å². The van der Waals surface area contributed by atoms with Crippen molar-refractivity contribution in [1.82, 2.24) is 9.97 Å². The van der Waals surface area contributed by atoms with Crippen LogP contribution in [-0.4, -0.2) is 34.7 Å². The Balaban J connectivity index is 1.36. The Labute approximate surface area is 227 Å². The molecule has 5 rings (SSSR count). The van der Waals surface area contributed by atoms with Crippen molar-refractivity contribution >= 4 is 23.3 Å². The molecule has 0 fully saturated rings. The number of aryl methyl sites for hydroxylation is 1. The van der Waals surface area contributed by atoms with Gasteiger partial charge in [-0.2, -0.15) is 0 Å². The highest BCUT2D eigenvalue weighted by Gasteiger charge is 2.27. The van der Waals surface area contributed by atoms with Crippen LogP contribution in [0.1, 0.15) is 41.6 Å². The molecule has 0 radical (unpaired) electrons. The largest absolute Gasteiger partial charge is 0.469 e. The fraction of sp³-hybridized carbons (Fsp3) is 0.194. The quantitative estimate of drug-likeness (QED) is 0.320. The van der Waals surface area contributed by atoms with Crippen LogP contribution < -0.4 is 11.1 Å². The van der Waals surface area contributed by atoms with Crippen molar-refractivity contribution in [2.24, 2.45) is 10.7 Å². The maximum atomic E-state index is 13.4. The molecule has 0 spiro atoms. The van der Waals surface area contributed by atoms with Gasteiger partial charge in [-0.3, -0.25) is 24.5 Å². The number of benzene rings is 2. The van der Waals surface area contributed by atoms with Crippen molar-refractivity contribution in [1.29, 1.82) is 0 Å². The molecule has 0 saturated carbocycles. The molecule has 1 atom stereocenters. The number of carbonyl (C=O) groups excluding carboxylic acids is 2. The minimum absolute atomic E-state index is 0.125. The Hall–Kier alpha value is -4.69. The number of anilines is 1. The summed E-state index contributed by atoms with van der Waals surface area (Å²) in [6, 6.07) is 17.7. The molecule has 1 amide bonds. The highest BCUT2D eigenvalue weighted by molar-refractivity contribution is 6.50. The zero-order valence-electron chi connectivity index (χ0n) is 21.8. The number of methoxy groups -OCH3 is 1. The number of carbonyl (C=O) groups is 2. The van der Waals surface area contributed by atoms with E-state index in [0.717, 1.165) is 44.5 Å². The van der Waals surface area contributed by atoms with E-state index in [0.29, 0.717) is 30.8 Å².